The number of nitrogens with zero attached hydrogens (tertiary/aromatic N) is 1. The van der Waals surface area contributed by atoms with Crippen LogP contribution < -0.4 is 10.4 Å². The van der Waals surface area contributed by atoms with E-state index in [0.717, 1.165) is 51.5 Å². The number of fused-ring (bicyclic) bond motifs is 6. The molecule has 0 unspecified atom stereocenters. The molecule has 1 atom stereocenters. The molecule has 0 radical (unpaired) electrons. The number of carbonyl (C=O) groups excluding carboxylic acids is 2. The number of aryl methyl sites for hydroxylation is 2. The molecular weight excluding hydrogens is 460 g/mol. The van der Waals surface area contributed by atoms with Crippen molar-refractivity contribution in [1.82, 2.24) is 9.88 Å². The molecule has 8 nitrogen and oxygen atoms in total. The maximum Gasteiger partial charge on any atom is 0.339 e. The third kappa shape index (κ3) is 3.56. The molecule has 0 fully saturated rings. The van der Waals surface area contributed by atoms with Crippen molar-refractivity contribution in [3.63, 3.8) is 0 Å². The first-order chi connectivity index (χ1) is 17.4. The number of amides is 1. The van der Waals surface area contributed by atoms with E-state index >= 15 is 0 Å². The maximum atomic E-state index is 13.4. The van der Waals surface area contributed by atoms with Crippen LogP contribution in [0, 0.1) is 6.92 Å². The molecular formula is C28H26N2O6. The van der Waals surface area contributed by atoms with E-state index in [2.05, 4.69) is 4.98 Å². The summed E-state index contributed by atoms with van der Waals surface area (Å²) in [6.45, 7) is 1.89. The molecule has 2 aromatic carbocycles. The molecule has 184 valence electrons. The Morgan fingerprint density at radius 1 is 1.14 bits per heavy atom. The number of ether oxygens (including phenoxy) is 2. The summed E-state index contributed by atoms with van der Waals surface area (Å²) in [6.07, 6.45) is 2.70. The van der Waals surface area contributed by atoms with Crippen LogP contribution in [0.5, 0.6) is 5.75 Å². The lowest BCUT2D eigenvalue weighted by Gasteiger charge is -2.33. The van der Waals surface area contributed by atoms with Gasteiger partial charge in [0.1, 0.15) is 17.4 Å². The van der Waals surface area contributed by atoms with Gasteiger partial charge in [-0.2, -0.15) is 0 Å². The van der Waals surface area contributed by atoms with E-state index in [9.17, 15) is 14.4 Å². The zero-order chi connectivity index (χ0) is 25.0. The number of H-pyrrole nitrogens is 1. The SMILES string of the molecule is COC(=O)[C@@H]1Cc2c([nH]c3ccccc23)CN1C(=O)COc1cc(C)cc2oc(=O)c3c(c12)CCC3. The van der Waals surface area contributed by atoms with Crippen molar-refractivity contribution in [3.05, 3.63) is 74.8 Å². The Labute approximate surface area is 206 Å². The first-order valence-corrected chi connectivity index (χ1v) is 12.1. The molecule has 1 aliphatic carbocycles. The number of aromatic amines is 1. The molecule has 0 saturated heterocycles. The number of methoxy groups -OCH3 is 1. The molecule has 0 spiro atoms. The first kappa shape index (κ1) is 22.4. The second-order valence-electron chi connectivity index (χ2n) is 9.52. The van der Waals surface area contributed by atoms with Crippen LogP contribution in [-0.4, -0.2) is 41.5 Å². The molecule has 1 N–H and O–H groups in total. The van der Waals surface area contributed by atoms with Crippen LogP contribution in [0.25, 0.3) is 21.9 Å². The van der Waals surface area contributed by atoms with Crippen LogP contribution in [0.4, 0.5) is 0 Å². The lowest BCUT2D eigenvalue weighted by molar-refractivity contribution is -0.154. The van der Waals surface area contributed by atoms with Crippen molar-refractivity contribution >= 4 is 33.7 Å². The topological polar surface area (TPSA) is 102 Å². The van der Waals surface area contributed by atoms with Gasteiger partial charge in [-0.25, -0.2) is 9.59 Å². The zero-order valence-electron chi connectivity index (χ0n) is 20.2. The largest absolute Gasteiger partial charge is 0.483 e. The van der Waals surface area contributed by atoms with E-state index in [1.165, 1.54) is 12.0 Å². The number of benzene rings is 2. The summed E-state index contributed by atoms with van der Waals surface area (Å²) >= 11 is 0. The fourth-order valence-corrected chi connectivity index (χ4v) is 5.66. The van der Waals surface area contributed by atoms with Crippen LogP contribution in [0.1, 0.15) is 34.4 Å². The molecule has 8 heteroatoms. The summed E-state index contributed by atoms with van der Waals surface area (Å²) in [5.41, 5.74) is 5.57. The number of rotatable bonds is 4. The van der Waals surface area contributed by atoms with Gasteiger partial charge in [-0.3, -0.25) is 4.79 Å². The third-order valence-corrected chi connectivity index (χ3v) is 7.33. The van der Waals surface area contributed by atoms with Crippen molar-refractivity contribution in [1.29, 1.82) is 0 Å². The summed E-state index contributed by atoms with van der Waals surface area (Å²) in [4.78, 5) is 43.4. The minimum atomic E-state index is -0.741. The van der Waals surface area contributed by atoms with Gasteiger partial charge in [0, 0.05) is 28.6 Å². The van der Waals surface area contributed by atoms with Gasteiger partial charge >= 0.3 is 11.6 Å². The second-order valence-corrected chi connectivity index (χ2v) is 9.52. The standard InChI is InChI=1S/C28H26N2O6/c1-15-10-23(26-17-7-5-8-18(17)27(32)36-24(26)11-15)35-14-25(31)30-13-21-19(12-22(30)28(33)34-2)16-6-3-4-9-20(16)29-21/h3-4,6,9-11,22,29H,5,7-8,12-14H2,1-2H3/t22-/m0/s1. The highest BCUT2D eigenvalue weighted by Crippen LogP contribution is 2.36. The van der Waals surface area contributed by atoms with E-state index in [-0.39, 0.29) is 24.7 Å². The Kier molecular flexibility index (Phi) is 5.32. The average molecular weight is 487 g/mol. The lowest BCUT2D eigenvalue weighted by Crippen LogP contribution is -2.50. The molecule has 3 heterocycles. The highest BCUT2D eigenvalue weighted by Gasteiger charge is 2.37. The van der Waals surface area contributed by atoms with Crippen molar-refractivity contribution in [2.45, 2.75) is 45.2 Å². The monoisotopic (exact) mass is 486 g/mol. The average Bonchev–Trinajstić information content (AvgIpc) is 3.50. The first-order valence-electron chi connectivity index (χ1n) is 12.1. The molecule has 0 bridgehead atoms. The van der Waals surface area contributed by atoms with Crippen LogP contribution >= 0.6 is 0 Å². The van der Waals surface area contributed by atoms with Gasteiger partial charge in [0.05, 0.1) is 19.0 Å². The molecule has 2 aliphatic rings. The highest BCUT2D eigenvalue weighted by molar-refractivity contribution is 5.91. The molecule has 1 aliphatic heterocycles. The highest BCUT2D eigenvalue weighted by atomic mass is 16.5. The molecule has 36 heavy (non-hydrogen) atoms. The van der Waals surface area contributed by atoms with Crippen molar-refractivity contribution < 1.29 is 23.5 Å². The van der Waals surface area contributed by atoms with Crippen LogP contribution in [0.3, 0.4) is 0 Å². The molecule has 1 amide bonds. The maximum absolute atomic E-state index is 13.4. The number of carbonyl (C=O) groups is 2. The van der Waals surface area contributed by atoms with Crippen molar-refractivity contribution in [2.24, 2.45) is 0 Å². The number of hydrogen-bond donors (Lipinski definition) is 1. The Bertz CT molecular complexity index is 1600. The predicted octanol–water partition coefficient (Wildman–Crippen LogP) is 3.58. The summed E-state index contributed by atoms with van der Waals surface area (Å²) in [5, 5.41) is 1.80. The van der Waals surface area contributed by atoms with Gasteiger partial charge in [-0.15, -0.1) is 0 Å². The van der Waals surface area contributed by atoms with Gasteiger partial charge in [-0.1, -0.05) is 18.2 Å². The van der Waals surface area contributed by atoms with E-state index in [4.69, 9.17) is 13.9 Å². The van der Waals surface area contributed by atoms with E-state index in [1.807, 2.05) is 43.3 Å². The Morgan fingerprint density at radius 2 is 1.94 bits per heavy atom. The summed E-state index contributed by atoms with van der Waals surface area (Å²) in [6, 6.07) is 10.8. The second kappa shape index (κ2) is 8.55. The number of nitrogens with one attached hydrogen (secondary N) is 1. The summed E-state index contributed by atoms with van der Waals surface area (Å²) in [7, 11) is 1.33. The minimum absolute atomic E-state index is 0.254. The molecule has 6 rings (SSSR count). The molecule has 4 aromatic rings. The van der Waals surface area contributed by atoms with Gasteiger partial charge in [0.25, 0.3) is 5.91 Å². The quantitative estimate of drug-likeness (QED) is 0.350. The number of esters is 1. The number of hydrogen-bond acceptors (Lipinski definition) is 6. The van der Waals surface area contributed by atoms with E-state index in [0.29, 0.717) is 29.7 Å². The third-order valence-electron chi connectivity index (χ3n) is 7.33. The van der Waals surface area contributed by atoms with Crippen LogP contribution in [0.15, 0.2) is 45.6 Å². The Morgan fingerprint density at radius 3 is 2.78 bits per heavy atom. The zero-order valence-corrected chi connectivity index (χ0v) is 20.2. The normalized spacial score (nSPS) is 16.7. The Hall–Kier alpha value is -4.07. The van der Waals surface area contributed by atoms with E-state index in [1.54, 1.807) is 0 Å². The predicted molar refractivity (Wildman–Crippen MR) is 133 cm³/mol. The van der Waals surface area contributed by atoms with Crippen LogP contribution in [0.2, 0.25) is 0 Å². The molecule has 0 saturated carbocycles. The summed E-state index contributed by atoms with van der Waals surface area (Å²) < 4.78 is 16.7. The van der Waals surface area contributed by atoms with Gasteiger partial charge in [-0.05, 0) is 61.1 Å². The van der Waals surface area contributed by atoms with Gasteiger partial charge in [0.15, 0.2) is 6.61 Å². The fraction of sp³-hybridized carbons (Fsp3) is 0.321. The van der Waals surface area contributed by atoms with E-state index < -0.39 is 12.0 Å². The van der Waals surface area contributed by atoms with Crippen molar-refractivity contribution in [3.8, 4) is 5.75 Å². The van der Waals surface area contributed by atoms with Crippen LogP contribution in [-0.2, 0) is 40.1 Å². The Balaban J connectivity index is 1.32. The summed E-state index contributed by atoms with van der Waals surface area (Å²) in [5.74, 6) is -0.267. The number of aromatic nitrogens is 1. The number of para-hydroxylation sites is 1. The molecule has 2 aromatic heterocycles. The van der Waals surface area contributed by atoms with Gasteiger partial charge in [0.2, 0.25) is 0 Å². The lowest BCUT2D eigenvalue weighted by atomic mass is 9.96. The smallest absolute Gasteiger partial charge is 0.339 e. The van der Waals surface area contributed by atoms with Gasteiger partial charge < -0.3 is 23.8 Å². The minimum Gasteiger partial charge on any atom is -0.483 e. The van der Waals surface area contributed by atoms with Crippen molar-refractivity contribution in [2.75, 3.05) is 13.7 Å². The fourth-order valence-electron chi connectivity index (χ4n) is 5.66.